The van der Waals surface area contributed by atoms with Gasteiger partial charge in [0, 0.05) is 12.1 Å². The first kappa shape index (κ1) is 12.4. The first-order valence-electron chi connectivity index (χ1n) is 5.97. The van der Waals surface area contributed by atoms with Gasteiger partial charge >= 0.3 is 6.09 Å². The summed E-state index contributed by atoms with van der Waals surface area (Å²) in [5.74, 6) is -0.0339. The first-order chi connectivity index (χ1) is 8.66. The summed E-state index contributed by atoms with van der Waals surface area (Å²) in [7, 11) is 0. The lowest BCUT2D eigenvalue weighted by Gasteiger charge is -2.32. The van der Waals surface area contributed by atoms with Crippen LogP contribution in [0.25, 0.3) is 0 Å². The lowest BCUT2D eigenvalue weighted by Crippen LogP contribution is -2.44. The van der Waals surface area contributed by atoms with Gasteiger partial charge in [0.1, 0.15) is 6.10 Å². The van der Waals surface area contributed by atoms with Crippen molar-refractivity contribution in [1.29, 1.82) is 0 Å². The average molecular weight is 248 g/mol. The third-order valence-corrected chi connectivity index (χ3v) is 2.97. The molecule has 0 spiro atoms. The molecule has 1 aromatic rings. The van der Waals surface area contributed by atoms with Gasteiger partial charge in [0.05, 0.1) is 6.54 Å². The van der Waals surface area contributed by atoms with Crippen molar-refractivity contribution in [3.63, 3.8) is 0 Å². The topological polar surface area (TPSA) is 72.6 Å². The molecule has 0 radical (unpaired) electrons. The number of carbonyl (C=O) groups excluding carboxylic acids is 2. The van der Waals surface area contributed by atoms with Crippen LogP contribution in [0.4, 0.5) is 4.79 Å². The van der Waals surface area contributed by atoms with Gasteiger partial charge in [0.25, 0.3) is 5.91 Å². The van der Waals surface area contributed by atoms with Gasteiger partial charge in [0.2, 0.25) is 0 Å². The van der Waals surface area contributed by atoms with Gasteiger partial charge < -0.3 is 15.4 Å². The summed E-state index contributed by atoms with van der Waals surface area (Å²) in [6.45, 7) is 1.10. The lowest BCUT2D eigenvalue weighted by molar-refractivity contribution is 0.0373. The Morgan fingerprint density at radius 2 is 2.00 bits per heavy atom. The summed E-state index contributed by atoms with van der Waals surface area (Å²) in [5.41, 5.74) is 5.64. The van der Waals surface area contributed by atoms with Crippen LogP contribution in [0, 0.1) is 0 Å². The molecule has 2 rings (SSSR count). The Bertz CT molecular complexity index is 433. The summed E-state index contributed by atoms with van der Waals surface area (Å²) in [5, 5.41) is 0. The van der Waals surface area contributed by atoms with Crippen LogP contribution in [-0.4, -0.2) is 36.1 Å². The van der Waals surface area contributed by atoms with E-state index in [0.717, 1.165) is 12.8 Å². The van der Waals surface area contributed by atoms with Crippen LogP contribution >= 0.6 is 0 Å². The van der Waals surface area contributed by atoms with Crippen LogP contribution in [-0.2, 0) is 4.74 Å². The Kier molecular flexibility index (Phi) is 3.82. The minimum Gasteiger partial charge on any atom is -0.445 e. The van der Waals surface area contributed by atoms with Crippen LogP contribution in [0.2, 0.25) is 0 Å². The molecule has 0 aliphatic carbocycles. The molecule has 1 heterocycles. The number of rotatable bonds is 2. The number of ether oxygens (including phenoxy) is 1. The van der Waals surface area contributed by atoms with Crippen LogP contribution in [0.15, 0.2) is 30.3 Å². The second kappa shape index (κ2) is 5.53. The molecule has 1 aliphatic heterocycles. The molecule has 2 N–H and O–H groups in total. The summed E-state index contributed by atoms with van der Waals surface area (Å²) in [6.07, 6.45) is 0.496. The predicted molar refractivity (Wildman–Crippen MR) is 66.0 cm³/mol. The highest BCUT2D eigenvalue weighted by atomic mass is 16.6. The quantitative estimate of drug-likeness (QED) is 0.859. The number of nitrogens with zero attached hydrogens (tertiary/aromatic N) is 1. The van der Waals surface area contributed by atoms with E-state index in [2.05, 4.69) is 0 Å². The molecule has 1 aromatic carbocycles. The van der Waals surface area contributed by atoms with E-state index in [1.54, 1.807) is 17.0 Å². The number of nitrogens with two attached hydrogens (primary N) is 1. The number of primary amides is 1. The molecular weight excluding hydrogens is 232 g/mol. The molecule has 96 valence electrons. The van der Waals surface area contributed by atoms with E-state index in [9.17, 15) is 9.59 Å². The highest BCUT2D eigenvalue weighted by Gasteiger charge is 2.26. The maximum Gasteiger partial charge on any atom is 0.404 e. The van der Waals surface area contributed by atoms with Crippen molar-refractivity contribution in [2.75, 3.05) is 13.1 Å². The van der Waals surface area contributed by atoms with Crippen molar-refractivity contribution in [2.45, 2.75) is 18.9 Å². The summed E-state index contributed by atoms with van der Waals surface area (Å²) in [6, 6.07) is 9.08. The largest absolute Gasteiger partial charge is 0.445 e. The number of hydrogen-bond donors (Lipinski definition) is 1. The van der Waals surface area contributed by atoms with Crippen LogP contribution in [0.5, 0.6) is 0 Å². The normalized spacial score (nSPS) is 19.3. The van der Waals surface area contributed by atoms with E-state index < -0.39 is 6.09 Å². The Balaban J connectivity index is 2.00. The van der Waals surface area contributed by atoms with Crippen molar-refractivity contribution in [1.82, 2.24) is 4.90 Å². The fraction of sp³-hybridized carbons (Fsp3) is 0.385. The zero-order valence-corrected chi connectivity index (χ0v) is 10.0. The van der Waals surface area contributed by atoms with Crippen molar-refractivity contribution < 1.29 is 14.3 Å². The number of carbonyl (C=O) groups is 2. The Morgan fingerprint density at radius 1 is 1.28 bits per heavy atom. The van der Waals surface area contributed by atoms with E-state index in [1.807, 2.05) is 18.2 Å². The maximum atomic E-state index is 12.2. The SMILES string of the molecule is NC(=O)OC1CCCN(C(=O)c2ccccc2)C1. The molecule has 2 amide bonds. The van der Waals surface area contributed by atoms with E-state index in [4.69, 9.17) is 10.5 Å². The summed E-state index contributed by atoms with van der Waals surface area (Å²) >= 11 is 0. The molecule has 18 heavy (non-hydrogen) atoms. The molecular formula is C13H16N2O3. The zero-order valence-electron chi connectivity index (χ0n) is 10.0. The summed E-state index contributed by atoms with van der Waals surface area (Å²) in [4.78, 5) is 24.6. The van der Waals surface area contributed by atoms with Gasteiger partial charge in [-0.2, -0.15) is 0 Å². The Hall–Kier alpha value is -2.04. The molecule has 1 atom stereocenters. The van der Waals surface area contributed by atoms with E-state index in [1.165, 1.54) is 0 Å². The molecule has 0 aromatic heterocycles. The number of benzene rings is 1. The van der Waals surface area contributed by atoms with Crippen molar-refractivity contribution >= 4 is 12.0 Å². The third-order valence-electron chi connectivity index (χ3n) is 2.97. The van der Waals surface area contributed by atoms with E-state index in [-0.39, 0.29) is 12.0 Å². The predicted octanol–water partition coefficient (Wildman–Crippen LogP) is 1.39. The van der Waals surface area contributed by atoms with Crippen molar-refractivity contribution in [3.05, 3.63) is 35.9 Å². The molecule has 5 heteroatoms. The van der Waals surface area contributed by atoms with Crippen molar-refractivity contribution in [2.24, 2.45) is 5.73 Å². The Morgan fingerprint density at radius 3 is 2.67 bits per heavy atom. The molecule has 0 bridgehead atoms. The minimum atomic E-state index is -0.783. The number of hydrogen-bond acceptors (Lipinski definition) is 3. The third kappa shape index (κ3) is 3.00. The average Bonchev–Trinajstić information content (AvgIpc) is 2.38. The molecule has 1 saturated heterocycles. The monoisotopic (exact) mass is 248 g/mol. The second-order valence-corrected chi connectivity index (χ2v) is 4.32. The van der Waals surface area contributed by atoms with Gasteiger partial charge in [-0.1, -0.05) is 18.2 Å². The van der Waals surface area contributed by atoms with Gasteiger partial charge in [-0.3, -0.25) is 4.79 Å². The molecule has 1 aliphatic rings. The van der Waals surface area contributed by atoms with Gasteiger partial charge in [-0.05, 0) is 25.0 Å². The van der Waals surface area contributed by atoms with E-state index in [0.29, 0.717) is 18.7 Å². The fourth-order valence-electron chi connectivity index (χ4n) is 2.15. The maximum absolute atomic E-state index is 12.2. The minimum absolute atomic E-state index is 0.0339. The lowest BCUT2D eigenvalue weighted by atomic mass is 10.1. The Labute approximate surface area is 106 Å². The van der Waals surface area contributed by atoms with Gasteiger partial charge in [-0.15, -0.1) is 0 Å². The molecule has 0 saturated carbocycles. The van der Waals surface area contributed by atoms with E-state index >= 15 is 0 Å². The van der Waals surface area contributed by atoms with Crippen LogP contribution < -0.4 is 5.73 Å². The molecule has 5 nitrogen and oxygen atoms in total. The molecule has 1 unspecified atom stereocenters. The number of amides is 2. The van der Waals surface area contributed by atoms with Crippen LogP contribution in [0.1, 0.15) is 23.2 Å². The zero-order chi connectivity index (χ0) is 13.0. The second-order valence-electron chi connectivity index (χ2n) is 4.32. The van der Waals surface area contributed by atoms with Crippen LogP contribution in [0.3, 0.4) is 0 Å². The highest BCUT2D eigenvalue weighted by Crippen LogP contribution is 2.16. The number of likely N-dealkylation sites (tertiary alicyclic amines) is 1. The van der Waals surface area contributed by atoms with Gasteiger partial charge in [-0.25, -0.2) is 4.79 Å². The highest BCUT2D eigenvalue weighted by molar-refractivity contribution is 5.94. The van der Waals surface area contributed by atoms with Gasteiger partial charge in [0.15, 0.2) is 0 Å². The first-order valence-corrected chi connectivity index (χ1v) is 5.97. The van der Waals surface area contributed by atoms with Crippen molar-refractivity contribution in [3.8, 4) is 0 Å². The molecule has 1 fully saturated rings. The smallest absolute Gasteiger partial charge is 0.404 e. The number of piperidine rings is 1. The standard InChI is InChI=1S/C13H16N2O3/c14-13(17)18-11-7-4-8-15(9-11)12(16)10-5-2-1-3-6-10/h1-3,5-6,11H,4,7-9H2,(H2,14,17). The fourth-order valence-corrected chi connectivity index (χ4v) is 2.15. The summed E-state index contributed by atoms with van der Waals surface area (Å²) < 4.78 is 4.95.